The van der Waals surface area contributed by atoms with Crippen molar-refractivity contribution < 1.29 is 28.6 Å². The van der Waals surface area contributed by atoms with E-state index in [4.69, 9.17) is 14.2 Å². The highest BCUT2D eigenvalue weighted by atomic mass is 16.6. The summed E-state index contributed by atoms with van der Waals surface area (Å²) in [6, 6.07) is 0. The van der Waals surface area contributed by atoms with Crippen LogP contribution >= 0.6 is 0 Å². The zero-order valence-corrected chi connectivity index (χ0v) is 52.0. The van der Waals surface area contributed by atoms with Gasteiger partial charge in [-0.05, 0) is 141 Å². The Labute approximate surface area is 494 Å². The molecule has 454 valence electrons. The van der Waals surface area contributed by atoms with E-state index in [-0.39, 0.29) is 31.1 Å². The Balaban J connectivity index is 4.45. The van der Waals surface area contributed by atoms with Gasteiger partial charge < -0.3 is 14.2 Å². The molecule has 0 bridgehead atoms. The van der Waals surface area contributed by atoms with Crippen molar-refractivity contribution in [2.75, 3.05) is 13.2 Å². The number of unbranched alkanes of at least 4 members (excludes halogenated alkanes) is 26. The summed E-state index contributed by atoms with van der Waals surface area (Å²) in [5, 5.41) is 0. The summed E-state index contributed by atoms with van der Waals surface area (Å²) < 4.78 is 16.9. The molecule has 0 fully saturated rings. The first kappa shape index (κ1) is 75.5. The van der Waals surface area contributed by atoms with Gasteiger partial charge in [0.05, 0.1) is 0 Å². The highest BCUT2D eigenvalue weighted by Crippen LogP contribution is 2.15. The molecule has 0 aliphatic heterocycles. The van der Waals surface area contributed by atoms with Crippen LogP contribution in [0.15, 0.2) is 134 Å². The standard InChI is InChI=1S/C74H122O6/c1-4-7-10-13-16-19-22-25-28-31-33-34-35-36-37-38-39-40-42-43-46-49-52-55-58-61-64-67-73(76)79-70-71(69-78-72(75)66-63-60-57-54-51-48-45-30-27-24-21-18-15-12-9-6-3)80-74(77)68-65-62-59-56-53-50-47-44-41-32-29-26-23-20-17-14-11-8-5-2/h7,10,16-17,19-20,25-26,28-30,33-34,36-37,39-41,43-46,71H,4-6,8-9,11-15,18,21-24,27,31-32,35,38,42,47-70H2,1-3H3/b10-7-,19-16-,20-17-,28-25-,29-26-,34-33-,37-36-,40-39-,44-41-,45-30-,46-43-. The Bertz CT molecular complexity index is 1700. The minimum absolute atomic E-state index is 0.0971. The minimum Gasteiger partial charge on any atom is -0.462 e. The lowest BCUT2D eigenvalue weighted by Crippen LogP contribution is -2.30. The quantitative estimate of drug-likeness (QED) is 0.0261. The zero-order chi connectivity index (χ0) is 57.8. The van der Waals surface area contributed by atoms with E-state index in [1.807, 2.05) is 0 Å². The first-order chi connectivity index (χ1) is 39.5. The van der Waals surface area contributed by atoms with E-state index in [1.165, 1.54) is 103 Å². The number of carbonyl (C=O) groups is 3. The molecule has 0 radical (unpaired) electrons. The van der Waals surface area contributed by atoms with Gasteiger partial charge in [-0.1, -0.05) is 270 Å². The first-order valence-corrected chi connectivity index (χ1v) is 33.2. The maximum atomic E-state index is 12.9. The van der Waals surface area contributed by atoms with Crippen LogP contribution < -0.4 is 0 Å². The summed E-state index contributed by atoms with van der Waals surface area (Å²) in [5.74, 6) is -0.933. The lowest BCUT2D eigenvalue weighted by molar-refractivity contribution is -0.167. The van der Waals surface area contributed by atoms with Gasteiger partial charge in [-0.3, -0.25) is 14.4 Å². The van der Waals surface area contributed by atoms with Gasteiger partial charge in [0.15, 0.2) is 6.10 Å². The van der Waals surface area contributed by atoms with Crippen molar-refractivity contribution >= 4 is 17.9 Å². The molecule has 0 N–H and O–H groups in total. The molecule has 0 saturated carbocycles. The molecule has 0 saturated heterocycles. The van der Waals surface area contributed by atoms with Gasteiger partial charge in [0.2, 0.25) is 0 Å². The Morgan fingerprint density at radius 2 is 0.487 bits per heavy atom. The molecule has 0 aromatic rings. The number of rotatable bonds is 59. The number of esters is 3. The number of ether oxygens (including phenoxy) is 3. The molecule has 0 amide bonds. The van der Waals surface area contributed by atoms with Crippen molar-refractivity contribution in [1.29, 1.82) is 0 Å². The highest BCUT2D eigenvalue weighted by Gasteiger charge is 2.19. The molecule has 6 nitrogen and oxygen atoms in total. The monoisotopic (exact) mass is 1110 g/mol. The van der Waals surface area contributed by atoms with Crippen molar-refractivity contribution in [3.05, 3.63) is 134 Å². The molecule has 1 unspecified atom stereocenters. The van der Waals surface area contributed by atoms with Crippen LogP contribution in [-0.2, 0) is 28.6 Å². The number of carbonyl (C=O) groups excluding carboxylic acids is 3. The Morgan fingerprint density at radius 3 is 0.800 bits per heavy atom. The van der Waals surface area contributed by atoms with E-state index >= 15 is 0 Å². The maximum absolute atomic E-state index is 12.9. The second-order valence-corrected chi connectivity index (χ2v) is 21.6. The zero-order valence-electron chi connectivity index (χ0n) is 52.0. The van der Waals surface area contributed by atoms with Crippen LogP contribution in [0.5, 0.6) is 0 Å². The third-order valence-electron chi connectivity index (χ3n) is 13.9. The highest BCUT2D eigenvalue weighted by molar-refractivity contribution is 5.71. The second-order valence-electron chi connectivity index (χ2n) is 21.6. The Hall–Kier alpha value is -4.45. The van der Waals surface area contributed by atoms with E-state index in [2.05, 4.69) is 154 Å². The molecule has 0 aromatic heterocycles. The fraction of sp³-hybridized carbons (Fsp3) is 0.662. The van der Waals surface area contributed by atoms with Gasteiger partial charge in [0, 0.05) is 19.3 Å². The van der Waals surface area contributed by atoms with E-state index in [0.29, 0.717) is 19.3 Å². The molecule has 80 heavy (non-hydrogen) atoms. The van der Waals surface area contributed by atoms with Crippen molar-refractivity contribution in [2.45, 2.75) is 303 Å². The van der Waals surface area contributed by atoms with Crippen LogP contribution in [-0.4, -0.2) is 37.2 Å². The van der Waals surface area contributed by atoms with E-state index in [1.54, 1.807) is 0 Å². The molecule has 0 spiro atoms. The summed E-state index contributed by atoms with van der Waals surface area (Å²) in [5.41, 5.74) is 0. The molecular formula is C74H122O6. The van der Waals surface area contributed by atoms with Gasteiger partial charge in [0.1, 0.15) is 13.2 Å². The predicted octanol–water partition coefficient (Wildman–Crippen LogP) is 22.9. The van der Waals surface area contributed by atoms with Crippen LogP contribution in [0.4, 0.5) is 0 Å². The smallest absolute Gasteiger partial charge is 0.306 e. The summed E-state index contributed by atoms with van der Waals surface area (Å²) in [6.07, 6.45) is 94.5. The van der Waals surface area contributed by atoms with Gasteiger partial charge in [-0.15, -0.1) is 0 Å². The third kappa shape index (κ3) is 64.4. The molecule has 0 aliphatic rings. The molecule has 0 aromatic carbocycles. The Kier molecular flexibility index (Phi) is 63.3. The molecular weight excluding hydrogens is 985 g/mol. The van der Waals surface area contributed by atoms with Crippen molar-refractivity contribution in [2.24, 2.45) is 0 Å². The van der Waals surface area contributed by atoms with Gasteiger partial charge in [-0.25, -0.2) is 0 Å². The van der Waals surface area contributed by atoms with Crippen molar-refractivity contribution in [1.82, 2.24) is 0 Å². The SMILES string of the molecule is CC/C=C\C/C=C\C/C=C\C/C=C\C/C=C\C/C=C\C/C=C\CCCCCCCC(=O)OCC(COC(=O)CCCCCCC/C=C\CCCCCCCCC)OC(=O)CCCCCCCC/C=C\C/C=C\C/C=C\CCCCC. The molecule has 0 aliphatic carbocycles. The Morgan fingerprint density at radius 1 is 0.263 bits per heavy atom. The van der Waals surface area contributed by atoms with E-state index in [9.17, 15) is 14.4 Å². The number of hydrogen-bond donors (Lipinski definition) is 0. The van der Waals surface area contributed by atoms with E-state index < -0.39 is 6.10 Å². The van der Waals surface area contributed by atoms with Crippen LogP contribution in [0.2, 0.25) is 0 Å². The normalized spacial score (nSPS) is 13.0. The average molecular weight is 1110 g/mol. The number of hydrogen-bond acceptors (Lipinski definition) is 6. The third-order valence-corrected chi connectivity index (χ3v) is 13.9. The van der Waals surface area contributed by atoms with Gasteiger partial charge in [-0.2, -0.15) is 0 Å². The lowest BCUT2D eigenvalue weighted by Gasteiger charge is -2.18. The predicted molar refractivity (Wildman–Crippen MR) is 348 cm³/mol. The molecule has 6 heteroatoms. The lowest BCUT2D eigenvalue weighted by atomic mass is 10.1. The molecule has 0 rings (SSSR count). The fourth-order valence-corrected chi connectivity index (χ4v) is 8.89. The topological polar surface area (TPSA) is 78.9 Å². The largest absolute Gasteiger partial charge is 0.462 e. The van der Waals surface area contributed by atoms with Crippen LogP contribution in [0.25, 0.3) is 0 Å². The minimum atomic E-state index is -0.803. The first-order valence-electron chi connectivity index (χ1n) is 33.2. The molecule has 0 heterocycles. The average Bonchev–Trinajstić information content (AvgIpc) is 3.46. The summed E-state index contributed by atoms with van der Waals surface area (Å²) in [7, 11) is 0. The number of allylic oxidation sites excluding steroid dienone is 22. The van der Waals surface area contributed by atoms with Gasteiger partial charge >= 0.3 is 17.9 Å². The van der Waals surface area contributed by atoms with Crippen LogP contribution in [0.1, 0.15) is 297 Å². The van der Waals surface area contributed by atoms with Crippen LogP contribution in [0, 0.1) is 0 Å². The summed E-state index contributed by atoms with van der Waals surface area (Å²) in [6.45, 7) is 6.48. The van der Waals surface area contributed by atoms with E-state index in [0.717, 1.165) is 154 Å². The fourth-order valence-electron chi connectivity index (χ4n) is 8.89. The molecule has 1 atom stereocenters. The second kappa shape index (κ2) is 67.1. The maximum Gasteiger partial charge on any atom is 0.306 e. The van der Waals surface area contributed by atoms with Crippen molar-refractivity contribution in [3.8, 4) is 0 Å². The van der Waals surface area contributed by atoms with Crippen LogP contribution in [0.3, 0.4) is 0 Å². The van der Waals surface area contributed by atoms with Crippen molar-refractivity contribution in [3.63, 3.8) is 0 Å². The summed E-state index contributed by atoms with van der Waals surface area (Å²) >= 11 is 0. The summed E-state index contributed by atoms with van der Waals surface area (Å²) in [4.78, 5) is 38.4. The van der Waals surface area contributed by atoms with Gasteiger partial charge in [0.25, 0.3) is 0 Å².